The maximum absolute atomic E-state index is 12.8. The van der Waals surface area contributed by atoms with Crippen LogP contribution in [0.25, 0.3) is 5.69 Å². The van der Waals surface area contributed by atoms with Crippen molar-refractivity contribution in [3.63, 3.8) is 0 Å². The van der Waals surface area contributed by atoms with Crippen LogP contribution in [-0.4, -0.2) is 25.8 Å². The van der Waals surface area contributed by atoms with Gasteiger partial charge < -0.3 is 0 Å². The van der Waals surface area contributed by atoms with Crippen LogP contribution < -0.4 is 0 Å². The molecule has 0 aliphatic rings. The number of rotatable bonds is 5. The molecule has 128 valence electrons. The van der Waals surface area contributed by atoms with Gasteiger partial charge in [0.2, 0.25) is 0 Å². The Bertz CT molecular complexity index is 917. The second kappa shape index (κ2) is 7.23. The van der Waals surface area contributed by atoms with E-state index in [-0.39, 0.29) is 11.0 Å². The molecule has 0 N–H and O–H groups in total. The molecule has 0 spiro atoms. The third-order valence-corrected chi connectivity index (χ3v) is 5.39. The molecular weight excluding hydrogens is 330 g/mol. The van der Waals surface area contributed by atoms with Crippen LogP contribution in [0.5, 0.6) is 0 Å². The van der Waals surface area contributed by atoms with Crippen LogP contribution in [0.2, 0.25) is 0 Å². The number of para-hydroxylation sites is 1. The molecule has 3 rings (SSSR count). The average Bonchev–Trinajstić information content (AvgIpc) is 3.05. The maximum Gasteiger partial charge on any atom is 0.196 e. The van der Waals surface area contributed by atoms with E-state index in [1.807, 2.05) is 74.7 Å². The summed E-state index contributed by atoms with van der Waals surface area (Å²) in [5, 5.41) is 8.72. The number of Topliss-reactive ketones (excluding diaryl/α,β-unsaturated/α-hetero) is 1. The zero-order valence-corrected chi connectivity index (χ0v) is 15.7. The molecule has 0 aliphatic heterocycles. The summed E-state index contributed by atoms with van der Waals surface area (Å²) in [6.07, 6.45) is 1.69. The molecule has 4 nitrogen and oxygen atoms in total. The zero-order chi connectivity index (χ0) is 18.0. The minimum Gasteiger partial charge on any atom is -0.293 e. The molecule has 0 amide bonds. The van der Waals surface area contributed by atoms with Crippen molar-refractivity contribution in [1.82, 2.24) is 14.8 Å². The lowest BCUT2D eigenvalue weighted by atomic mass is 10.0. The average molecular weight is 351 g/mol. The molecule has 0 saturated carbocycles. The quantitative estimate of drug-likeness (QED) is 0.499. The minimum atomic E-state index is -0.242. The molecule has 0 aliphatic carbocycles. The number of nitrogens with zero attached hydrogens (tertiary/aromatic N) is 3. The predicted molar refractivity (Wildman–Crippen MR) is 102 cm³/mol. The highest BCUT2D eigenvalue weighted by atomic mass is 32.2. The summed E-state index contributed by atoms with van der Waals surface area (Å²) in [4.78, 5) is 12.8. The Morgan fingerprint density at radius 3 is 2.52 bits per heavy atom. The Hall–Kier alpha value is -2.40. The number of aryl methyl sites for hydroxylation is 3. The number of hydrogen-bond donors (Lipinski definition) is 0. The van der Waals surface area contributed by atoms with Gasteiger partial charge in [0.05, 0.1) is 10.9 Å². The smallest absolute Gasteiger partial charge is 0.196 e. The van der Waals surface area contributed by atoms with Gasteiger partial charge >= 0.3 is 0 Å². The maximum atomic E-state index is 12.8. The van der Waals surface area contributed by atoms with Crippen LogP contribution in [0.3, 0.4) is 0 Å². The van der Waals surface area contributed by atoms with Crippen LogP contribution in [-0.2, 0) is 0 Å². The summed E-state index contributed by atoms with van der Waals surface area (Å²) < 4.78 is 1.93. The summed E-state index contributed by atoms with van der Waals surface area (Å²) in [5.41, 5.74) is 5.23. The van der Waals surface area contributed by atoms with Crippen LogP contribution in [0.1, 0.15) is 34.0 Å². The predicted octanol–water partition coefficient (Wildman–Crippen LogP) is 4.56. The van der Waals surface area contributed by atoms with Crippen molar-refractivity contribution in [2.24, 2.45) is 0 Å². The first-order chi connectivity index (χ1) is 12.0. The zero-order valence-electron chi connectivity index (χ0n) is 14.9. The van der Waals surface area contributed by atoms with Crippen LogP contribution in [0.15, 0.2) is 53.9 Å². The summed E-state index contributed by atoms with van der Waals surface area (Å²) >= 11 is 1.43. The molecule has 0 radical (unpaired) electrons. The first-order valence-electron chi connectivity index (χ1n) is 8.21. The van der Waals surface area contributed by atoms with Gasteiger partial charge in [-0.3, -0.25) is 9.36 Å². The van der Waals surface area contributed by atoms with E-state index in [1.54, 1.807) is 6.33 Å². The van der Waals surface area contributed by atoms with Gasteiger partial charge in [0.25, 0.3) is 0 Å². The third kappa shape index (κ3) is 3.66. The number of carbonyl (C=O) groups excluding carboxylic acids is 1. The molecule has 1 unspecified atom stereocenters. The van der Waals surface area contributed by atoms with Gasteiger partial charge in [0.1, 0.15) is 6.33 Å². The molecule has 0 fully saturated rings. The van der Waals surface area contributed by atoms with Gasteiger partial charge in [-0.15, -0.1) is 10.2 Å². The van der Waals surface area contributed by atoms with E-state index in [9.17, 15) is 4.79 Å². The summed E-state index contributed by atoms with van der Waals surface area (Å²) in [5.74, 6) is 0.104. The van der Waals surface area contributed by atoms with E-state index in [0.29, 0.717) is 0 Å². The second-order valence-electron chi connectivity index (χ2n) is 6.19. The lowest BCUT2D eigenvalue weighted by Crippen LogP contribution is -2.15. The molecule has 5 heteroatoms. The Kier molecular flexibility index (Phi) is 5.04. The fourth-order valence-corrected chi connectivity index (χ4v) is 3.56. The van der Waals surface area contributed by atoms with Crippen LogP contribution >= 0.6 is 11.8 Å². The van der Waals surface area contributed by atoms with Crippen molar-refractivity contribution in [3.8, 4) is 5.69 Å². The monoisotopic (exact) mass is 351 g/mol. The number of thioether (sulfide) groups is 1. The van der Waals surface area contributed by atoms with Gasteiger partial charge in [0, 0.05) is 5.56 Å². The summed E-state index contributed by atoms with van der Waals surface area (Å²) in [7, 11) is 0. The van der Waals surface area contributed by atoms with Crippen molar-refractivity contribution in [2.45, 2.75) is 38.1 Å². The Balaban J connectivity index is 1.83. The van der Waals surface area contributed by atoms with E-state index in [2.05, 4.69) is 10.2 Å². The normalized spacial score (nSPS) is 12.2. The van der Waals surface area contributed by atoms with Gasteiger partial charge in [0.15, 0.2) is 10.9 Å². The molecule has 0 saturated heterocycles. The fraction of sp³-hybridized carbons (Fsp3) is 0.250. The van der Waals surface area contributed by atoms with Crippen molar-refractivity contribution in [1.29, 1.82) is 0 Å². The minimum absolute atomic E-state index is 0.104. The van der Waals surface area contributed by atoms with Crippen LogP contribution in [0, 0.1) is 20.8 Å². The Morgan fingerprint density at radius 1 is 1.04 bits per heavy atom. The van der Waals surface area contributed by atoms with Gasteiger partial charge in [-0.25, -0.2) is 0 Å². The van der Waals surface area contributed by atoms with E-state index >= 15 is 0 Å². The van der Waals surface area contributed by atoms with Crippen molar-refractivity contribution in [2.75, 3.05) is 0 Å². The molecular formula is C20H21N3OS. The van der Waals surface area contributed by atoms with Gasteiger partial charge in [-0.05, 0) is 56.5 Å². The molecule has 3 aromatic rings. The highest BCUT2D eigenvalue weighted by molar-refractivity contribution is 8.00. The number of aromatic nitrogens is 3. The molecule has 1 heterocycles. The van der Waals surface area contributed by atoms with E-state index in [0.717, 1.165) is 27.5 Å². The molecule has 25 heavy (non-hydrogen) atoms. The molecule has 1 atom stereocenters. The van der Waals surface area contributed by atoms with Crippen LogP contribution in [0.4, 0.5) is 0 Å². The SMILES string of the molecule is Cc1ccc(C(=O)C(C)Sc2nncn2-c2ccccc2C)cc1C. The number of hydrogen-bond acceptors (Lipinski definition) is 4. The number of benzene rings is 2. The van der Waals surface area contributed by atoms with E-state index in [1.165, 1.54) is 17.3 Å². The Labute approximate surface area is 152 Å². The first-order valence-corrected chi connectivity index (χ1v) is 9.09. The molecule has 2 aromatic carbocycles. The highest BCUT2D eigenvalue weighted by Gasteiger charge is 2.20. The van der Waals surface area contributed by atoms with Crippen molar-refractivity contribution < 1.29 is 4.79 Å². The van der Waals surface area contributed by atoms with E-state index < -0.39 is 0 Å². The number of ketones is 1. The highest BCUT2D eigenvalue weighted by Crippen LogP contribution is 2.27. The summed E-state index contributed by atoms with van der Waals surface area (Å²) in [6.45, 7) is 8.04. The molecule has 1 aromatic heterocycles. The Morgan fingerprint density at radius 2 is 1.80 bits per heavy atom. The topological polar surface area (TPSA) is 47.8 Å². The first kappa shape index (κ1) is 17.4. The third-order valence-electron chi connectivity index (χ3n) is 4.33. The summed E-state index contributed by atoms with van der Waals surface area (Å²) in [6, 6.07) is 13.9. The van der Waals surface area contributed by atoms with Crippen molar-refractivity contribution in [3.05, 3.63) is 71.0 Å². The molecule has 0 bridgehead atoms. The van der Waals surface area contributed by atoms with Gasteiger partial charge in [-0.1, -0.05) is 42.1 Å². The van der Waals surface area contributed by atoms with Gasteiger partial charge in [-0.2, -0.15) is 0 Å². The fourth-order valence-electron chi connectivity index (χ4n) is 2.64. The van der Waals surface area contributed by atoms with Crippen molar-refractivity contribution >= 4 is 17.5 Å². The number of carbonyl (C=O) groups is 1. The van der Waals surface area contributed by atoms with E-state index in [4.69, 9.17) is 0 Å². The second-order valence-corrected chi connectivity index (χ2v) is 7.50. The lowest BCUT2D eigenvalue weighted by molar-refractivity contribution is 0.0993. The lowest BCUT2D eigenvalue weighted by Gasteiger charge is -2.13. The largest absolute Gasteiger partial charge is 0.293 e. The standard InChI is InChI=1S/C20H21N3OS/c1-13-9-10-17(11-15(13)3)19(24)16(4)25-20-22-21-12-23(20)18-8-6-5-7-14(18)2/h5-12,16H,1-4H3.